The van der Waals surface area contributed by atoms with Gasteiger partial charge in [0, 0.05) is 18.6 Å². The Morgan fingerprint density at radius 2 is 2.00 bits per heavy atom. The number of nitrogens with zero attached hydrogens (tertiary/aromatic N) is 1. The zero-order chi connectivity index (χ0) is 13.7. The van der Waals surface area contributed by atoms with Gasteiger partial charge in [-0.25, -0.2) is 0 Å². The average molecular weight is 266 g/mol. The van der Waals surface area contributed by atoms with E-state index in [0.717, 1.165) is 17.9 Å². The minimum Gasteiger partial charge on any atom is -0.311 e. The van der Waals surface area contributed by atoms with Gasteiger partial charge in [0.15, 0.2) is 0 Å². The highest BCUT2D eigenvalue weighted by molar-refractivity contribution is 4.85. The summed E-state index contributed by atoms with van der Waals surface area (Å²) < 4.78 is 0. The van der Waals surface area contributed by atoms with Crippen molar-refractivity contribution in [1.82, 2.24) is 10.2 Å². The molecule has 1 saturated heterocycles. The molecule has 2 fully saturated rings. The van der Waals surface area contributed by atoms with Crippen LogP contribution in [-0.2, 0) is 0 Å². The Morgan fingerprint density at radius 3 is 2.74 bits per heavy atom. The molecule has 0 radical (unpaired) electrons. The summed E-state index contributed by atoms with van der Waals surface area (Å²) in [5, 5.41) is 3.97. The monoisotopic (exact) mass is 266 g/mol. The summed E-state index contributed by atoms with van der Waals surface area (Å²) >= 11 is 0. The molecule has 19 heavy (non-hydrogen) atoms. The molecule has 2 rings (SSSR count). The molecule has 0 spiro atoms. The van der Waals surface area contributed by atoms with Crippen LogP contribution in [0.15, 0.2) is 0 Å². The lowest BCUT2D eigenvalue weighted by molar-refractivity contribution is 0.144. The molecular weight excluding hydrogens is 232 g/mol. The van der Waals surface area contributed by atoms with Crippen LogP contribution in [0.1, 0.15) is 65.7 Å². The summed E-state index contributed by atoms with van der Waals surface area (Å²) in [4.78, 5) is 2.63. The van der Waals surface area contributed by atoms with Gasteiger partial charge in [0.05, 0.1) is 0 Å². The molecule has 1 heterocycles. The first-order valence-corrected chi connectivity index (χ1v) is 8.71. The van der Waals surface area contributed by atoms with E-state index >= 15 is 0 Å². The fourth-order valence-electron chi connectivity index (χ4n) is 4.11. The maximum atomic E-state index is 3.97. The lowest BCUT2D eigenvalue weighted by Crippen LogP contribution is -2.48. The van der Waals surface area contributed by atoms with Crippen molar-refractivity contribution in [3.63, 3.8) is 0 Å². The number of rotatable bonds is 5. The van der Waals surface area contributed by atoms with Gasteiger partial charge in [-0.15, -0.1) is 0 Å². The summed E-state index contributed by atoms with van der Waals surface area (Å²) in [6.45, 7) is 10.9. The molecule has 1 aliphatic heterocycles. The Hall–Kier alpha value is -0.0800. The zero-order valence-corrected chi connectivity index (χ0v) is 13.3. The van der Waals surface area contributed by atoms with Crippen molar-refractivity contribution in [3.8, 4) is 0 Å². The van der Waals surface area contributed by atoms with E-state index in [9.17, 15) is 0 Å². The molecule has 1 aliphatic carbocycles. The second-order valence-electron chi connectivity index (χ2n) is 6.89. The summed E-state index contributed by atoms with van der Waals surface area (Å²) in [6, 6.07) is 1.50. The molecule has 4 atom stereocenters. The Bertz CT molecular complexity index is 254. The zero-order valence-electron chi connectivity index (χ0n) is 13.3. The van der Waals surface area contributed by atoms with Crippen molar-refractivity contribution < 1.29 is 0 Å². The van der Waals surface area contributed by atoms with E-state index in [1.807, 2.05) is 0 Å². The van der Waals surface area contributed by atoms with Crippen LogP contribution >= 0.6 is 0 Å². The van der Waals surface area contributed by atoms with Gasteiger partial charge in [-0.3, -0.25) is 0 Å². The summed E-state index contributed by atoms with van der Waals surface area (Å²) in [6.07, 6.45) is 9.93. The van der Waals surface area contributed by atoms with Crippen LogP contribution in [0.25, 0.3) is 0 Å². The number of hydrogen-bond acceptors (Lipinski definition) is 2. The lowest BCUT2D eigenvalue weighted by Gasteiger charge is -2.38. The third-order valence-corrected chi connectivity index (χ3v) is 5.56. The van der Waals surface area contributed by atoms with Crippen molar-refractivity contribution in [2.45, 2.75) is 77.8 Å². The number of piperidine rings is 1. The van der Waals surface area contributed by atoms with Gasteiger partial charge in [-0.1, -0.05) is 33.1 Å². The van der Waals surface area contributed by atoms with Crippen LogP contribution in [0.5, 0.6) is 0 Å². The Morgan fingerprint density at radius 1 is 1.16 bits per heavy atom. The number of likely N-dealkylation sites (tertiary alicyclic amines) is 1. The molecule has 2 nitrogen and oxygen atoms in total. The predicted molar refractivity (Wildman–Crippen MR) is 83.5 cm³/mol. The number of nitrogens with one attached hydrogen (secondary N) is 1. The van der Waals surface area contributed by atoms with Crippen molar-refractivity contribution in [2.75, 3.05) is 19.6 Å². The van der Waals surface area contributed by atoms with Gasteiger partial charge in [-0.05, 0) is 57.5 Å². The topological polar surface area (TPSA) is 15.3 Å². The Kier molecular flexibility index (Phi) is 6.15. The van der Waals surface area contributed by atoms with Crippen LogP contribution < -0.4 is 5.32 Å². The first-order chi connectivity index (χ1) is 9.22. The molecule has 0 aromatic rings. The second-order valence-corrected chi connectivity index (χ2v) is 6.89. The predicted octanol–water partition coefficient (Wildman–Crippen LogP) is 3.67. The molecule has 0 aromatic heterocycles. The molecule has 2 aliphatic rings. The highest BCUT2D eigenvalue weighted by Gasteiger charge is 2.27. The first kappa shape index (κ1) is 15.3. The average Bonchev–Trinajstić information content (AvgIpc) is 2.47. The van der Waals surface area contributed by atoms with Gasteiger partial charge in [0.1, 0.15) is 0 Å². The minimum absolute atomic E-state index is 0.704. The van der Waals surface area contributed by atoms with Gasteiger partial charge >= 0.3 is 0 Å². The van der Waals surface area contributed by atoms with Crippen LogP contribution in [0.4, 0.5) is 0 Å². The first-order valence-electron chi connectivity index (χ1n) is 8.71. The van der Waals surface area contributed by atoms with Crippen LogP contribution in [-0.4, -0.2) is 36.6 Å². The summed E-state index contributed by atoms with van der Waals surface area (Å²) in [5.41, 5.74) is 0. The van der Waals surface area contributed by atoms with E-state index < -0.39 is 0 Å². The molecule has 0 aromatic carbocycles. The molecule has 1 saturated carbocycles. The fraction of sp³-hybridized carbons (Fsp3) is 1.00. The van der Waals surface area contributed by atoms with Crippen molar-refractivity contribution in [3.05, 3.63) is 0 Å². The van der Waals surface area contributed by atoms with E-state index in [2.05, 4.69) is 31.0 Å². The summed E-state index contributed by atoms with van der Waals surface area (Å²) in [7, 11) is 0. The maximum absolute atomic E-state index is 3.97. The van der Waals surface area contributed by atoms with E-state index in [4.69, 9.17) is 0 Å². The van der Waals surface area contributed by atoms with E-state index in [1.165, 1.54) is 64.6 Å². The number of hydrogen-bond donors (Lipinski definition) is 1. The lowest BCUT2D eigenvalue weighted by atomic mass is 9.83. The van der Waals surface area contributed by atoms with Gasteiger partial charge in [0.2, 0.25) is 0 Å². The molecule has 1 N–H and O–H groups in total. The second kappa shape index (κ2) is 7.64. The largest absolute Gasteiger partial charge is 0.311 e. The molecule has 0 amide bonds. The van der Waals surface area contributed by atoms with E-state index in [1.54, 1.807) is 0 Å². The van der Waals surface area contributed by atoms with Crippen LogP contribution in [0.2, 0.25) is 0 Å². The molecule has 2 heteroatoms. The fourth-order valence-corrected chi connectivity index (χ4v) is 4.11. The Labute approximate surface area is 120 Å². The maximum Gasteiger partial charge on any atom is 0.00818 e. The summed E-state index contributed by atoms with van der Waals surface area (Å²) in [5.74, 6) is 1.85. The molecule has 112 valence electrons. The standard InChI is InChI=1S/C17H34N2/c1-4-15-8-6-10-17(12-15)18-14(3)16-9-7-11-19(5-2)13-16/h14-18H,4-13H2,1-3H3. The smallest absolute Gasteiger partial charge is 0.00818 e. The van der Waals surface area contributed by atoms with Crippen molar-refractivity contribution >= 4 is 0 Å². The van der Waals surface area contributed by atoms with Crippen LogP contribution in [0.3, 0.4) is 0 Å². The van der Waals surface area contributed by atoms with Gasteiger partial charge in [-0.2, -0.15) is 0 Å². The highest BCUT2D eigenvalue weighted by atomic mass is 15.1. The molecule has 4 unspecified atom stereocenters. The third kappa shape index (κ3) is 4.46. The normalized spacial score (nSPS) is 35.2. The Balaban J connectivity index is 1.77. The van der Waals surface area contributed by atoms with Crippen molar-refractivity contribution in [2.24, 2.45) is 11.8 Å². The SMILES string of the molecule is CCC1CCCC(NC(C)C2CCCN(CC)C2)C1. The minimum atomic E-state index is 0.704. The quantitative estimate of drug-likeness (QED) is 0.817. The van der Waals surface area contributed by atoms with E-state index in [-0.39, 0.29) is 0 Å². The van der Waals surface area contributed by atoms with Gasteiger partial charge in [0.25, 0.3) is 0 Å². The third-order valence-electron chi connectivity index (χ3n) is 5.56. The molecular formula is C17H34N2. The van der Waals surface area contributed by atoms with E-state index in [0.29, 0.717) is 6.04 Å². The molecule has 0 bridgehead atoms. The van der Waals surface area contributed by atoms with Gasteiger partial charge < -0.3 is 10.2 Å². The highest BCUT2D eigenvalue weighted by Crippen LogP contribution is 2.28. The van der Waals surface area contributed by atoms with Crippen LogP contribution in [0, 0.1) is 11.8 Å². The van der Waals surface area contributed by atoms with Crippen molar-refractivity contribution in [1.29, 1.82) is 0 Å².